The Hall–Kier alpha value is -2.95. The molecule has 1 aromatic carbocycles. The third kappa shape index (κ3) is 3.89. The van der Waals surface area contributed by atoms with Gasteiger partial charge in [0.15, 0.2) is 11.9 Å². The van der Waals surface area contributed by atoms with Gasteiger partial charge in [-0.1, -0.05) is 34.9 Å². The number of benzene rings is 1. The fourth-order valence-corrected chi connectivity index (χ4v) is 3.90. The van der Waals surface area contributed by atoms with Crippen LogP contribution in [0.3, 0.4) is 0 Å². The summed E-state index contributed by atoms with van der Waals surface area (Å²) in [7, 11) is 0. The second kappa shape index (κ2) is 8.66. The third-order valence-electron chi connectivity index (χ3n) is 5.22. The number of pyridine rings is 1. The molecule has 0 aliphatic carbocycles. The van der Waals surface area contributed by atoms with Crippen LogP contribution in [0.2, 0.25) is 5.15 Å². The lowest BCUT2D eigenvalue weighted by Gasteiger charge is -2.18. The number of fused-ring (bicyclic) bond motifs is 1. The molecule has 0 saturated carbocycles. The number of hydrogen-bond donors (Lipinski definition) is 3. The van der Waals surface area contributed by atoms with Gasteiger partial charge in [-0.15, -0.1) is 0 Å². The monoisotopic (exact) mass is 447 g/mol. The Morgan fingerprint density at radius 1 is 1.45 bits per heavy atom. The number of aliphatic hydroxyl groups is 2. The lowest BCUT2D eigenvalue weighted by atomic mass is 10.1. The maximum absolute atomic E-state index is 14.2. The fourth-order valence-electron chi connectivity index (χ4n) is 3.71. The number of anilines is 1. The lowest BCUT2D eigenvalue weighted by Crippen LogP contribution is -2.31. The summed E-state index contributed by atoms with van der Waals surface area (Å²) in [5.74, 6) is -0.337. The number of rotatable bonds is 6. The van der Waals surface area contributed by atoms with E-state index in [1.165, 1.54) is 16.9 Å². The van der Waals surface area contributed by atoms with Crippen molar-refractivity contribution in [3.8, 4) is 0 Å². The Bertz CT molecular complexity index is 1150. The predicted molar refractivity (Wildman–Crippen MR) is 111 cm³/mol. The molecule has 0 amide bonds. The molecule has 1 saturated heterocycles. The highest BCUT2D eigenvalue weighted by molar-refractivity contribution is 6.30. The number of nitrogens with zero attached hydrogens (tertiary/aromatic N) is 6. The molecule has 0 radical (unpaired) electrons. The zero-order valence-electron chi connectivity index (χ0n) is 16.3. The quantitative estimate of drug-likeness (QED) is 0.229. The maximum atomic E-state index is 14.2. The van der Waals surface area contributed by atoms with E-state index in [4.69, 9.17) is 21.9 Å². The van der Waals surface area contributed by atoms with E-state index < -0.39 is 31.1 Å². The predicted octanol–water partition coefficient (Wildman–Crippen LogP) is 3.33. The first-order valence-electron chi connectivity index (χ1n) is 9.48. The van der Waals surface area contributed by atoms with Crippen molar-refractivity contribution in [2.45, 2.75) is 37.4 Å². The Morgan fingerprint density at radius 3 is 2.94 bits per heavy atom. The van der Waals surface area contributed by atoms with Gasteiger partial charge < -0.3 is 20.3 Å². The summed E-state index contributed by atoms with van der Waals surface area (Å²) in [6, 6.07) is 6.66. The van der Waals surface area contributed by atoms with E-state index in [1.54, 1.807) is 24.3 Å². The molecular weight excluding hydrogens is 429 g/mol. The van der Waals surface area contributed by atoms with Gasteiger partial charge in [0.25, 0.3) is 0 Å². The van der Waals surface area contributed by atoms with Crippen molar-refractivity contribution in [1.82, 2.24) is 14.8 Å². The first-order chi connectivity index (χ1) is 14.9. The summed E-state index contributed by atoms with van der Waals surface area (Å²) in [6.07, 6.45) is -1.69. The highest BCUT2D eigenvalue weighted by Crippen LogP contribution is 2.35. The van der Waals surface area contributed by atoms with Crippen molar-refractivity contribution in [2.24, 2.45) is 5.11 Å². The molecule has 0 bridgehead atoms. The largest absolute Gasteiger partial charge is 0.394 e. The molecule has 4 rings (SSSR count). The summed E-state index contributed by atoms with van der Waals surface area (Å²) in [5, 5.41) is 31.8. The van der Waals surface area contributed by atoms with E-state index in [1.807, 2.05) is 6.92 Å². The van der Waals surface area contributed by atoms with Crippen LogP contribution in [0.25, 0.3) is 21.5 Å². The van der Waals surface area contributed by atoms with E-state index in [0.29, 0.717) is 22.3 Å². The average Bonchev–Trinajstić information content (AvgIpc) is 3.29. The second-order valence-corrected chi connectivity index (χ2v) is 7.53. The molecule has 0 unspecified atom stereocenters. The van der Waals surface area contributed by atoms with Gasteiger partial charge in [-0.2, -0.15) is 5.10 Å². The summed E-state index contributed by atoms with van der Waals surface area (Å²) in [6.45, 7) is 1.36. The SMILES string of the molecule is C[C@H](Nc1cc(Cl)nc2c1cnn2[C@@H]1O[C@H](CO)[C@@H](N=[N+]=[N-])[C@H]1O)c1ccccc1F. The van der Waals surface area contributed by atoms with Gasteiger partial charge in [0.1, 0.15) is 17.1 Å². The second-order valence-electron chi connectivity index (χ2n) is 7.14. The van der Waals surface area contributed by atoms with Crippen molar-refractivity contribution < 1.29 is 19.3 Å². The normalized spacial score (nSPS) is 24.2. The lowest BCUT2D eigenvalue weighted by molar-refractivity contribution is -0.0549. The van der Waals surface area contributed by atoms with E-state index in [9.17, 15) is 14.6 Å². The summed E-state index contributed by atoms with van der Waals surface area (Å²) in [5.41, 5.74) is 10.1. The van der Waals surface area contributed by atoms with Crippen LogP contribution < -0.4 is 5.32 Å². The minimum Gasteiger partial charge on any atom is -0.394 e. The zero-order valence-corrected chi connectivity index (χ0v) is 17.1. The van der Waals surface area contributed by atoms with E-state index in [2.05, 4.69) is 25.4 Å². The van der Waals surface area contributed by atoms with Crippen LogP contribution in [0, 0.1) is 5.82 Å². The van der Waals surface area contributed by atoms with Crippen LogP contribution in [-0.4, -0.2) is 49.8 Å². The number of hydrogen-bond acceptors (Lipinski definition) is 7. The number of aliphatic hydroxyl groups excluding tert-OH is 2. The molecule has 5 atom stereocenters. The number of halogens is 2. The highest BCUT2D eigenvalue weighted by atomic mass is 35.5. The van der Waals surface area contributed by atoms with E-state index in [-0.39, 0.29) is 17.0 Å². The highest BCUT2D eigenvalue weighted by Gasteiger charge is 2.45. The van der Waals surface area contributed by atoms with Crippen molar-refractivity contribution in [3.63, 3.8) is 0 Å². The van der Waals surface area contributed by atoms with E-state index >= 15 is 0 Å². The van der Waals surface area contributed by atoms with Crippen molar-refractivity contribution in [2.75, 3.05) is 11.9 Å². The molecule has 12 heteroatoms. The number of aromatic nitrogens is 3. The third-order valence-corrected chi connectivity index (χ3v) is 5.42. The summed E-state index contributed by atoms with van der Waals surface area (Å²) >= 11 is 6.21. The molecule has 3 aromatic rings. The summed E-state index contributed by atoms with van der Waals surface area (Å²) in [4.78, 5) is 7.00. The molecule has 1 aliphatic heterocycles. The zero-order chi connectivity index (χ0) is 22.1. The van der Waals surface area contributed by atoms with Gasteiger partial charge in [0.2, 0.25) is 0 Å². The van der Waals surface area contributed by atoms with Crippen LogP contribution >= 0.6 is 11.6 Å². The van der Waals surface area contributed by atoms with Gasteiger partial charge in [-0.05, 0) is 24.6 Å². The van der Waals surface area contributed by atoms with Crippen LogP contribution in [0.5, 0.6) is 0 Å². The van der Waals surface area contributed by atoms with Crippen LogP contribution in [-0.2, 0) is 4.74 Å². The first-order valence-corrected chi connectivity index (χ1v) is 9.85. The van der Waals surface area contributed by atoms with Gasteiger partial charge >= 0.3 is 0 Å². The van der Waals surface area contributed by atoms with Gasteiger partial charge in [-0.25, -0.2) is 14.1 Å². The Kier molecular flexibility index (Phi) is 5.94. The minimum atomic E-state index is -1.26. The molecule has 3 N–H and O–H groups in total. The fraction of sp³-hybridized carbons (Fsp3) is 0.368. The Labute approximate surface area is 180 Å². The van der Waals surface area contributed by atoms with Crippen LogP contribution in [0.15, 0.2) is 41.6 Å². The Morgan fingerprint density at radius 2 is 2.23 bits per heavy atom. The number of nitrogens with one attached hydrogen (secondary N) is 1. The van der Waals surface area contributed by atoms with Crippen LogP contribution in [0.4, 0.5) is 10.1 Å². The topological polar surface area (TPSA) is 141 Å². The van der Waals surface area contributed by atoms with Crippen molar-refractivity contribution in [1.29, 1.82) is 0 Å². The smallest absolute Gasteiger partial charge is 0.179 e. The maximum Gasteiger partial charge on any atom is 0.179 e. The van der Waals surface area contributed by atoms with Gasteiger partial charge in [-0.3, -0.25) is 0 Å². The van der Waals surface area contributed by atoms with Crippen molar-refractivity contribution in [3.05, 3.63) is 63.5 Å². The molecule has 3 heterocycles. The first kappa shape index (κ1) is 21.3. The number of ether oxygens (including phenoxy) is 1. The molecule has 10 nitrogen and oxygen atoms in total. The summed E-state index contributed by atoms with van der Waals surface area (Å²) < 4.78 is 21.2. The Balaban J connectivity index is 1.70. The molecule has 0 spiro atoms. The molecule has 162 valence electrons. The average molecular weight is 448 g/mol. The van der Waals surface area contributed by atoms with Gasteiger partial charge in [0, 0.05) is 10.5 Å². The van der Waals surface area contributed by atoms with E-state index in [0.717, 1.165) is 0 Å². The van der Waals surface area contributed by atoms with Crippen molar-refractivity contribution >= 4 is 28.3 Å². The molecule has 1 aliphatic rings. The van der Waals surface area contributed by atoms with Crippen LogP contribution in [0.1, 0.15) is 24.8 Å². The molecular formula is C19H19ClFN7O3. The van der Waals surface area contributed by atoms with Gasteiger partial charge in [0.05, 0.1) is 42.1 Å². The minimum absolute atomic E-state index is 0.148. The molecule has 1 fully saturated rings. The standard InChI is InChI=1S/C19H19ClFN7O3/c1-9(10-4-2-3-5-12(10)21)24-13-6-15(20)25-18-11(13)7-23-28(18)19-17(30)16(26-27-22)14(8-29)31-19/h2-7,9,14,16-17,19,29-30H,8H2,1H3,(H,24,25)/t9-,14+,16+,17+,19+/m0/s1. The molecule has 2 aromatic heterocycles. The molecule has 31 heavy (non-hydrogen) atoms. The number of azide groups is 1.